The monoisotopic (exact) mass is 470 g/mol. The Morgan fingerprint density at radius 3 is 2.46 bits per heavy atom. The number of hydrogen-bond acceptors (Lipinski definition) is 4. The minimum Gasteiger partial charge on any atom is -0.452 e. The summed E-state index contributed by atoms with van der Waals surface area (Å²) < 4.78 is 5.47. The van der Waals surface area contributed by atoms with E-state index in [1.807, 2.05) is 38.1 Å². The highest BCUT2D eigenvalue weighted by atomic mass is 16.5. The first-order valence-electron chi connectivity index (χ1n) is 12.3. The van der Waals surface area contributed by atoms with Gasteiger partial charge in [0, 0.05) is 11.4 Å². The Labute approximate surface area is 207 Å². The molecular weight excluding hydrogens is 436 g/mol. The van der Waals surface area contributed by atoms with Gasteiger partial charge in [0.1, 0.15) is 0 Å². The summed E-state index contributed by atoms with van der Waals surface area (Å²) in [5, 5.41) is 3.52. The summed E-state index contributed by atoms with van der Waals surface area (Å²) in [5.74, 6) is -0.783. The van der Waals surface area contributed by atoms with Crippen LogP contribution in [0.2, 0.25) is 0 Å². The molecule has 0 fully saturated rings. The van der Waals surface area contributed by atoms with E-state index in [4.69, 9.17) is 9.72 Å². The fraction of sp³-hybridized carbons (Fsp3) is 0.367. The molecule has 0 unspecified atom stereocenters. The molecule has 2 aromatic carbocycles. The Hall–Kier alpha value is -3.47. The molecule has 0 aliphatic heterocycles. The predicted octanol–water partition coefficient (Wildman–Crippen LogP) is 6.09. The SMILES string of the molecule is CC(C)NC(=O)COC(=O)c1c2c(nc3ccccc13)C(=Cc1ccc(C(C)(C)C)cc1)CCC2. The van der Waals surface area contributed by atoms with Crippen molar-refractivity contribution in [3.05, 3.63) is 76.5 Å². The number of nitrogens with one attached hydrogen (secondary N) is 1. The van der Waals surface area contributed by atoms with Crippen LogP contribution in [0.3, 0.4) is 0 Å². The zero-order chi connectivity index (χ0) is 25.2. The number of aromatic nitrogens is 1. The molecule has 4 rings (SSSR count). The number of amides is 1. The largest absolute Gasteiger partial charge is 0.452 e. The van der Waals surface area contributed by atoms with Crippen LogP contribution in [0.5, 0.6) is 0 Å². The number of ether oxygens (including phenoxy) is 1. The van der Waals surface area contributed by atoms with Crippen LogP contribution in [-0.4, -0.2) is 29.5 Å². The lowest BCUT2D eigenvalue weighted by molar-refractivity contribution is -0.124. The number of allylic oxidation sites excluding steroid dienone is 1. The van der Waals surface area contributed by atoms with Crippen molar-refractivity contribution in [2.45, 2.75) is 65.3 Å². The fourth-order valence-corrected chi connectivity index (χ4v) is 4.56. The quantitative estimate of drug-likeness (QED) is 0.458. The minimum absolute atomic E-state index is 0.0131. The molecule has 0 saturated heterocycles. The summed E-state index contributed by atoms with van der Waals surface area (Å²) in [7, 11) is 0. The standard InChI is InChI=1S/C30H34N2O3/c1-19(2)31-26(33)18-35-29(34)27-23-10-6-7-12-25(23)32-28-21(9-8-11-24(27)28)17-20-13-15-22(16-14-20)30(3,4)5/h6-7,10,12-17,19H,8-9,11,18H2,1-5H3,(H,31,33). The van der Waals surface area contributed by atoms with Gasteiger partial charge in [-0.1, -0.05) is 63.2 Å². The molecule has 3 aromatic rings. The smallest absolute Gasteiger partial charge is 0.339 e. The van der Waals surface area contributed by atoms with E-state index in [-0.39, 0.29) is 24.0 Å². The van der Waals surface area contributed by atoms with Crippen molar-refractivity contribution >= 4 is 34.4 Å². The van der Waals surface area contributed by atoms with Crippen molar-refractivity contribution in [2.24, 2.45) is 0 Å². The van der Waals surface area contributed by atoms with E-state index >= 15 is 0 Å². The highest BCUT2D eigenvalue weighted by molar-refractivity contribution is 6.07. The van der Waals surface area contributed by atoms with Crippen molar-refractivity contribution in [3.63, 3.8) is 0 Å². The molecule has 5 nitrogen and oxygen atoms in total. The number of hydrogen-bond donors (Lipinski definition) is 1. The van der Waals surface area contributed by atoms with E-state index < -0.39 is 5.97 Å². The van der Waals surface area contributed by atoms with Crippen molar-refractivity contribution in [3.8, 4) is 0 Å². The van der Waals surface area contributed by atoms with Gasteiger partial charge in [-0.2, -0.15) is 0 Å². The number of benzene rings is 2. The minimum atomic E-state index is -0.477. The lowest BCUT2D eigenvalue weighted by atomic mass is 9.85. The molecule has 0 bridgehead atoms. The molecule has 0 spiro atoms. The second kappa shape index (κ2) is 10.0. The number of fused-ring (bicyclic) bond motifs is 2. The Morgan fingerprint density at radius 2 is 1.77 bits per heavy atom. The average molecular weight is 471 g/mol. The van der Waals surface area contributed by atoms with Gasteiger partial charge >= 0.3 is 5.97 Å². The molecule has 1 amide bonds. The fourth-order valence-electron chi connectivity index (χ4n) is 4.56. The first-order chi connectivity index (χ1) is 16.6. The molecule has 5 heteroatoms. The van der Waals surface area contributed by atoms with Crippen LogP contribution in [0.25, 0.3) is 22.6 Å². The van der Waals surface area contributed by atoms with Crippen molar-refractivity contribution < 1.29 is 14.3 Å². The number of carbonyl (C=O) groups is 2. The van der Waals surface area contributed by atoms with Crippen LogP contribution >= 0.6 is 0 Å². The second-order valence-corrected chi connectivity index (χ2v) is 10.5. The lowest BCUT2D eigenvalue weighted by Crippen LogP contribution is -2.34. The summed E-state index contributed by atoms with van der Waals surface area (Å²) in [6, 6.07) is 16.3. The highest BCUT2D eigenvalue weighted by Crippen LogP contribution is 2.36. The molecule has 35 heavy (non-hydrogen) atoms. The van der Waals surface area contributed by atoms with Crippen molar-refractivity contribution in [1.82, 2.24) is 10.3 Å². The third-order valence-corrected chi connectivity index (χ3v) is 6.28. The van der Waals surface area contributed by atoms with Crippen LogP contribution in [0, 0.1) is 0 Å². The zero-order valence-corrected chi connectivity index (χ0v) is 21.3. The van der Waals surface area contributed by atoms with E-state index in [1.165, 1.54) is 5.56 Å². The van der Waals surface area contributed by atoms with Gasteiger partial charge in [-0.05, 0) is 72.9 Å². The summed E-state index contributed by atoms with van der Waals surface area (Å²) in [6.45, 7) is 10.1. The average Bonchev–Trinajstić information content (AvgIpc) is 2.81. The summed E-state index contributed by atoms with van der Waals surface area (Å²) in [4.78, 5) is 30.3. The van der Waals surface area contributed by atoms with E-state index in [0.29, 0.717) is 5.56 Å². The van der Waals surface area contributed by atoms with Gasteiger partial charge in [-0.3, -0.25) is 4.79 Å². The number of nitrogens with zero attached hydrogens (tertiary/aromatic N) is 1. The highest BCUT2D eigenvalue weighted by Gasteiger charge is 2.26. The van der Waals surface area contributed by atoms with Crippen LogP contribution in [0.1, 0.15) is 80.2 Å². The van der Waals surface area contributed by atoms with Gasteiger partial charge in [0.25, 0.3) is 5.91 Å². The Morgan fingerprint density at radius 1 is 1.06 bits per heavy atom. The first kappa shape index (κ1) is 24.6. The Bertz CT molecular complexity index is 1280. The van der Waals surface area contributed by atoms with Gasteiger partial charge < -0.3 is 10.1 Å². The predicted molar refractivity (Wildman–Crippen MR) is 141 cm³/mol. The van der Waals surface area contributed by atoms with Gasteiger partial charge in [0.15, 0.2) is 6.61 Å². The molecule has 0 radical (unpaired) electrons. The maximum atomic E-state index is 13.3. The van der Waals surface area contributed by atoms with Gasteiger partial charge in [0.05, 0.1) is 16.8 Å². The van der Waals surface area contributed by atoms with E-state index in [2.05, 4.69) is 56.4 Å². The number of esters is 1. The second-order valence-electron chi connectivity index (χ2n) is 10.5. The molecule has 182 valence electrons. The van der Waals surface area contributed by atoms with Gasteiger partial charge in [0.2, 0.25) is 0 Å². The molecule has 1 N–H and O–H groups in total. The molecule has 0 atom stereocenters. The Balaban J connectivity index is 1.73. The number of rotatable bonds is 5. The normalized spacial score (nSPS) is 14.7. The molecule has 1 aromatic heterocycles. The maximum absolute atomic E-state index is 13.3. The molecule has 1 aliphatic rings. The molecular formula is C30H34N2O3. The van der Waals surface area contributed by atoms with Crippen molar-refractivity contribution in [1.29, 1.82) is 0 Å². The van der Waals surface area contributed by atoms with Crippen LogP contribution < -0.4 is 5.32 Å². The number of pyridine rings is 1. The summed E-state index contributed by atoms with van der Waals surface area (Å²) >= 11 is 0. The maximum Gasteiger partial charge on any atom is 0.339 e. The molecule has 1 heterocycles. The lowest BCUT2D eigenvalue weighted by Gasteiger charge is -2.23. The zero-order valence-electron chi connectivity index (χ0n) is 21.3. The van der Waals surface area contributed by atoms with Gasteiger partial charge in [-0.25, -0.2) is 9.78 Å². The van der Waals surface area contributed by atoms with Crippen molar-refractivity contribution in [2.75, 3.05) is 6.61 Å². The van der Waals surface area contributed by atoms with Gasteiger partial charge in [-0.15, -0.1) is 0 Å². The van der Waals surface area contributed by atoms with E-state index in [1.54, 1.807) is 0 Å². The third kappa shape index (κ3) is 5.61. The summed E-state index contributed by atoms with van der Waals surface area (Å²) in [5.41, 5.74) is 6.66. The molecule has 1 aliphatic carbocycles. The first-order valence-corrected chi connectivity index (χ1v) is 12.3. The van der Waals surface area contributed by atoms with Crippen LogP contribution in [-0.2, 0) is 21.4 Å². The molecule has 0 saturated carbocycles. The van der Waals surface area contributed by atoms with E-state index in [0.717, 1.165) is 52.6 Å². The number of para-hydroxylation sites is 1. The van der Waals surface area contributed by atoms with Crippen LogP contribution in [0.15, 0.2) is 48.5 Å². The summed E-state index contributed by atoms with van der Waals surface area (Å²) in [6.07, 6.45) is 4.74. The topological polar surface area (TPSA) is 68.3 Å². The third-order valence-electron chi connectivity index (χ3n) is 6.28. The Kier molecular flexibility index (Phi) is 7.06. The number of carbonyl (C=O) groups excluding carboxylic acids is 2. The van der Waals surface area contributed by atoms with Crippen LogP contribution in [0.4, 0.5) is 0 Å². The van der Waals surface area contributed by atoms with E-state index in [9.17, 15) is 9.59 Å².